The fourth-order valence-corrected chi connectivity index (χ4v) is 3.76. The molecule has 2 amide bonds. The number of likely N-dealkylation sites (N-methyl/N-ethyl adjacent to an activating group) is 1. The minimum atomic E-state index is -0.736. The number of halogens is 1. The lowest BCUT2D eigenvalue weighted by molar-refractivity contribution is -0.130. The number of H-pyrrole nitrogens is 1. The molecule has 0 saturated heterocycles. The van der Waals surface area contributed by atoms with Crippen LogP contribution >= 0.6 is 15.9 Å². The predicted octanol–water partition coefficient (Wildman–Crippen LogP) is 2.70. The van der Waals surface area contributed by atoms with Crippen LogP contribution in [0, 0.1) is 11.8 Å². The Kier molecular flexibility index (Phi) is 9.43. The fraction of sp³-hybridized carbons (Fsp3) is 0.417. The van der Waals surface area contributed by atoms with Gasteiger partial charge < -0.3 is 15.5 Å². The van der Waals surface area contributed by atoms with Crippen molar-refractivity contribution >= 4 is 45.3 Å². The lowest BCUT2D eigenvalue weighted by Crippen LogP contribution is -2.46. The molecule has 0 aliphatic rings. The quantitative estimate of drug-likeness (QED) is 0.480. The van der Waals surface area contributed by atoms with Gasteiger partial charge in [-0.2, -0.15) is 0 Å². The highest BCUT2D eigenvalue weighted by atomic mass is 79.9. The van der Waals surface area contributed by atoms with Crippen molar-refractivity contribution in [2.45, 2.75) is 34.2 Å². The highest BCUT2D eigenvalue weighted by Gasteiger charge is 2.26. The number of benzene rings is 1. The number of nitrogen functional groups attached to an aromatic ring is 1. The zero-order valence-corrected chi connectivity index (χ0v) is 21.8. The largest absolute Gasteiger partial charge is 0.383 e. The van der Waals surface area contributed by atoms with Gasteiger partial charge in [0.25, 0.3) is 5.56 Å². The number of carbonyl (C=O) groups excluding carboxylic acids is 2. The van der Waals surface area contributed by atoms with Crippen molar-refractivity contribution in [2.24, 2.45) is 11.8 Å². The van der Waals surface area contributed by atoms with Gasteiger partial charge in [-0.05, 0) is 35.6 Å². The topological polar surface area (TPSA) is 121 Å². The first-order chi connectivity index (χ1) is 15.9. The van der Waals surface area contributed by atoms with Gasteiger partial charge in [0, 0.05) is 30.7 Å². The number of aromatic nitrogens is 2. The molecule has 184 valence electrons. The molecule has 1 aromatic heterocycles. The van der Waals surface area contributed by atoms with E-state index >= 15 is 0 Å². The maximum absolute atomic E-state index is 13.2. The smallest absolute Gasteiger partial charge is 0.330 e. The highest BCUT2D eigenvalue weighted by molar-refractivity contribution is 9.10. The second kappa shape index (κ2) is 11.8. The van der Waals surface area contributed by atoms with E-state index in [2.05, 4.69) is 20.9 Å². The summed E-state index contributed by atoms with van der Waals surface area (Å²) in [6.45, 7) is 7.83. The number of nitrogens with zero attached hydrogens (tertiary/aromatic N) is 3. The molecule has 0 spiro atoms. The van der Waals surface area contributed by atoms with Crippen LogP contribution < -0.4 is 21.9 Å². The van der Waals surface area contributed by atoms with Crippen LogP contribution in [0.5, 0.6) is 0 Å². The zero-order chi connectivity index (χ0) is 25.6. The first kappa shape index (κ1) is 27.1. The van der Waals surface area contributed by atoms with E-state index in [-0.39, 0.29) is 48.9 Å². The number of nitrogens with one attached hydrogen (secondary N) is 1. The molecular weight excluding hydrogens is 502 g/mol. The van der Waals surface area contributed by atoms with E-state index in [1.165, 1.54) is 27.5 Å². The van der Waals surface area contributed by atoms with E-state index in [0.29, 0.717) is 0 Å². The standard InChI is InChI=1S/C24H32BrN5O4/c1-15(2)12-29(21-22(26)30(13-16(3)4)24(34)27-23(21)33)20(32)14-28(5)19(31)10-9-17-7-6-8-18(25)11-17/h6-11,15-16H,12-14,26H2,1-5H3,(H,27,33,34)/b10-9+. The predicted molar refractivity (Wildman–Crippen MR) is 139 cm³/mol. The summed E-state index contributed by atoms with van der Waals surface area (Å²) in [4.78, 5) is 55.6. The molecule has 34 heavy (non-hydrogen) atoms. The van der Waals surface area contributed by atoms with Crippen LogP contribution in [0.3, 0.4) is 0 Å². The molecule has 0 aliphatic carbocycles. The van der Waals surface area contributed by atoms with Gasteiger partial charge in [0.05, 0.1) is 0 Å². The molecule has 0 atom stereocenters. The van der Waals surface area contributed by atoms with Crippen molar-refractivity contribution in [3.8, 4) is 0 Å². The molecule has 0 fully saturated rings. The number of nitrogens with two attached hydrogens (primary N) is 1. The van der Waals surface area contributed by atoms with Gasteiger partial charge in [-0.1, -0.05) is 55.8 Å². The summed E-state index contributed by atoms with van der Waals surface area (Å²) in [7, 11) is 1.51. The molecule has 0 bridgehead atoms. The average Bonchev–Trinajstić information content (AvgIpc) is 2.73. The monoisotopic (exact) mass is 533 g/mol. The first-order valence-electron chi connectivity index (χ1n) is 11.0. The molecule has 0 saturated carbocycles. The van der Waals surface area contributed by atoms with E-state index in [9.17, 15) is 19.2 Å². The highest BCUT2D eigenvalue weighted by Crippen LogP contribution is 2.20. The van der Waals surface area contributed by atoms with Gasteiger partial charge in [0.1, 0.15) is 12.4 Å². The van der Waals surface area contributed by atoms with E-state index in [1.807, 2.05) is 52.0 Å². The summed E-state index contributed by atoms with van der Waals surface area (Å²) in [6, 6.07) is 7.45. The Labute approximate surface area is 207 Å². The zero-order valence-electron chi connectivity index (χ0n) is 20.2. The summed E-state index contributed by atoms with van der Waals surface area (Å²) in [5.41, 5.74) is 5.61. The molecule has 1 aromatic carbocycles. The van der Waals surface area contributed by atoms with Crippen LogP contribution in [-0.4, -0.2) is 46.4 Å². The van der Waals surface area contributed by atoms with E-state index < -0.39 is 17.2 Å². The summed E-state index contributed by atoms with van der Waals surface area (Å²) in [6.07, 6.45) is 3.04. The molecule has 0 radical (unpaired) electrons. The maximum Gasteiger partial charge on any atom is 0.330 e. The van der Waals surface area contributed by atoms with Crippen LogP contribution in [0.2, 0.25) is 0 Å². The number of rotatable bonds is 9. The Hall–Kier alpha value is -3.14. The van der Waals surface area contributed by atoms with E-state index in [0.717, 1.165) is 10.0 Å². The Morgan fingerprint density at radius 2 is 1.85 bits per heavy atom. The minimum Gasteiger partial charge on any atom is -0.383 e. The summed E-state index contributed by atoms with van der Waals surface area (Å²) in [5, 5.41) is 0. The lowest BCUT2D eigenvalue weighted by Gasteiger charge is -2.28. The molecule has 2 aromatic rings. The van der Waals surface area contributed by atoms with Gasteiger partial charge in [-0.3, -0.25) is 23.9 Å². The van der Waals surface area contributed by atoms with E-state index in [4.69, 9.17) is 5.73 Å². The molecule has 1 heterocycles. The number of aromatic amines is 1. The first-order valence-corrected chi connectivity index (χ1v) is 11.8. The number of hydrogen-bond donors (Lipinski definition) is 2. The molecule has 9 nitrogen and oxygen atoms in total. The number of hydrogen-bond acceptors (Lipinski definition) is 5. The normalized spacial score (nSPS) is 11.4. The Bertz CT molecular complexity index is 1180. The number of amides is 2. The van der Waals surface area contributed by atoms with Gasteiger partial charge >= 0.3 is 5.69 Å². The van der Waals surface area contributed by atoms with Crippen LogP contribution in [-0.2, 0) is 16.1 Å². The van der Waals surface area contributed by atoms with Crippen molar-refractivity contribution < 1.29 is 9.59 Å². The van der Waals surface area contributed by atoms with E-state index in [1.54, 1.807) is 6.08 Å². The van der Waals surface area contributed by atoms with Crippen molar-refractivity contribution in [3.63, 3.8) is 0 Å². The Morgan fingerprint density at radius 1 is 1.18 bits per heavy atom. The van der Waals surface area contributed by atoms with Crippen LogP contribution in [0.4, 0.5) is 11.5 Å². The van der Waals surface area contributed by atoms with Gasteiger partial charge in [-0.15, -0.1) is 0 Å². The molecule has 3 N–H and O–H groups in total. The van der Waals surface area contributed by atoms with Crippen molar-refractivity contribution in [2.75, 3.05) is 30.8 Å². The maximum atomic E-state index is 13.2. The number of anilines is 2. The summed E-state index contributed by atoms with van der Waals surface area (Å²) >= 11 is 3.38. The third-order valence-corrected chi connectivity index (χ3v) is 5.39. The average molecular weight is 534 g/mol. The molecule has 0 aliphatic heterocycles. The summed E-state index contributed by atoms with van der Waals surface area (Å²) in [5.74, 6) is -0.823. The second-order valence-corrected chi connectivity index (χ2v) is 9.89. The minimum absolute atomic E-state index is 0.00524. The second-order valence-electron chi connectivity index (χ2n) is 8.98. The van der Waals surface area contributed by atoms with Gasteiger partial charge in [0.15, 0.2) is 5.69 Å². The van der Waals surface area contributed by atoms with Crippen LogP contribution in [0.25, 0.3) is 6.08 Å². The Balaban J connectivity index is 2.32. The van der Waals surface area contributed by atoms with Gasteiger partial charge in [0.2, 0.25) is 11.8 Å². The van der Waals surface area contributed by atoms with Crippen LogP contribution in [0.1, 0.15) is 33.3 Å². The third-order valence-electron chi connectivity index (χ3n) is 4.90. The molecular formula is C24H32BrN5O4. The number of carbonyl (C=O) groups is 2. The molecule has 0 unspecified atom stereocenters. The Morgan fingerprint density at radius 3 is 2.44 bits per heavy atom. The fourth-order valence-electron chi connectivity index (χ4n) is 3.34. The van der Waals surface area contributed by atoms with Crippen molar-refractivity contribution in [1.29, 1.82) is 0 Å². The SMILES string of the molecule is CC(C)CN(C(=O)CN(C)C(=O)/C=C/c1cccc(Br)c1)c1c(N)n(CC(C)C)c(=O)[nH]c1=O. The van der Waals surface area contributed by atoms with Crippen LogP contribution in [0.15, 0.2) is 44.4 Å². The lowest BCUT2D eigenvalue weighted by atomic mass is 10.2. The summed E-state index contributed by atoms with van der Waals surface area (Å²) < 4.78 is 2.15. The molecule has 2 rings (SSSR count). The van der Waals surface area contributed by atoms with Crippen molar-refractivity contribution in [1.82, 2.24) is 14.5 Å². The van der Waals surface area contributed by atoms with Gasteiger partial charge in [-0.25, -0.2) is 4.79 Å². The molecule has 10 heteroatoms. The van der Waals surface area contributed by atoms with Crippen molar-refractivity contribution in [3.05, 3.63) is 61.2 Å². The third kappa shape index (κ3) is 7.18.